The molecule has 0 aliphatic carbocycles. The van der Waals surface area contributed by atoms with Gasteiger partial charge in [0.05, 0.1) is 0 Å². The normalized spacial score (nSPS) is 10.6. The van der Waals surface area contributed by atoms with Gasteiger partial charge >= 0.3 is 0 Å². The van der Waals surface area contributed by atoms with E-state index in [1.807, 2.05) is 0 Å². The van der Waals surface area contributed by atoms with Crippen molar-refractivity contribution in [3.05, 3.63) is 37.8 Å². The molecule has 1 aromatic rings. The van der Waals surface area contributed by atoms with Gasteiger partial charge in [-0.2, -0.15) is 0 Å². The van der Waals surface area contributed by atoms with E-state index < -0.39 is 11.1 Å². The third-order valence-electron chi connectivity index (χ3n) is 0.936. The van der Waals surface area contributed by atoms with Crippen LogP contribution in [0.2, 0.25) is 0 Å². The van der Waals surface area contributed by atoms with Crippen LogP contribution in [-0.4, -0.2) is 8.76 Å². The van der Waals surface area contributed by atoms with Crippen LogP contribution in [0, 0.1) is 7.43 Å². The van der Waals surface area contributed by atoms with Crippen molar-refractivity contribution in [3.63, 3.8) is 0 Å². The fourth-order valence-corrected chi connectivity index (χ4v) is 0.911. The number of rotatable bonds is 1. The molecule has 0 N–H and O–H groups in total. The summed E-state index contributed by atoms with van der Waals surface area (Å²) in [5, 5.41) is 0. The molecule has 1 aromatic carbocycles. The van der Waals surface area contributed by atoms with Crippen LogP contribution in [0.1, 0.15) is 0 Å². The summed E-state index contributed by atoms with van der Waals surface area (Å²) in [5.41, 5.74) is 0. The first-order valence-electron chi connectivity index (χ1n) is 2.45. The van der Waals surface area contributed by atoms with E-state index in [0.717, 1.165) is 0 Å². The van der Waals surface area contributed by atoms with E-state index in [1.165, 1.54) is 0 Å². The Labute approximate surface area is 83.6 Å². The second-order valence-corrected chi connectivity index (χ2v) is 2.49. The van der Waals surface area contributed by atoms with Gasteiger partial charge in [0.1, 0.15) is 0 Å². The summed E-state index contributed by atoms with van der Waals surface area (Å²) in [6.07, 6.45) is 0. The molecule has 0 aromatic heterocycles. The predicted molar refractivity (Wildman–Crippen MR) is 40.0 cm³/mol. The van der Waals surface area contributed by atoms with Crippen molar-refractivity contribution in [2.45, 2.75) is 4.90 Å². The van der Waals surface area contributed by atoms with Gasteiger partial charge in [-0.3, -0.25) is 4.21 Å². The third kappa shape index (κ3) is 4.46. The van der Waals surface area contributed by atoms with Crippen molar-refractivity contribution >= 4 is 11.1 Å². The van der Waals surface area contributed by atoms with Gasteiger partial charge in [-0.05, 0) is 23.2 Å². The summed E-state index contributed by atoms with van der Waals surface area (Å²) in [7, 11) is 0. The molecule has 0 heterocycles. The first kappa shape index (κ1) is 13.6. The summed E-state index contributed by atoms with van der Waals surface area (Å²) in [6.45, 7) is 0. The van der Waals surface area contributed by atoms with Gasteiger partial charge in [0, 0.05) is 26.0 Å². The topological polar surface area (TPSA) is 40.1 Å². The standard InChI is InChI=1S/C6H6O2S.CH3.W/c7-9(8)6-4-2-1-3-5-6;;/h1-5H,(H,7,8);1H3;/q;-1;/p-1. The zero-order valence-electron chi connectivity index (χ0n) is 6.02. The molecule has 1 atom stereocenters. The SMILES string of the molecule is O=S([O-])c1ccccc1.[CH3-].[W]. The zero-order valence-corrected chi connectivity index (χ0v) is 9.77. The van der Waals surface area contributed by atoms with E-state index in [2.05, 4.69) is 0 Å². The molecule has 1 rings (SSSR count). The average Bonchev–Trinajstić information content (AvgIpc) is 1.90. The third-order valence-corrected chi connectivity index (χ3v) is 1.59. The summed E-state index contributed by atoms with van der Waals surface area (Å²) in [6, 6.07) is 8.23. The maximum absolute atomic E-state index is 10.2. The van der Waals surface area contributed by atoms with Crippen molar-refractivity contribution < 1.29 is 29.8 Å². The number of hydrogen-bond acceptors (Lipinski definition) is 2. The fourth-order valence-electron chi connectivity index (χ4n) is 0.532. The Hall–Kier alpha value is 0.0183. The van der Waals surface area contributed by atoms with Crippen LogP contribution in [0.5, 0.6) is 0 Å². The van der Waals surface area contributed by atoms with Crippen LogP contribution in [0.3, 0.4) is 0 Å². The Bertz CT molecular complexity index is 213. The monoisotopic (exact) mass is 340 g/mol. The molecule has 1 unspecified atom stereocenters. The summed E-state index contributed by atoms with van der Waals surface area (Å²) < 4.78 is 20.4. The Kier molecular flexibility index (Phi) is 8.30. The molecule has 62 valence electrons. The first-order valence-corrected chi connectivity index (χ1v) is 3.52. The van der Waals surface area contributed by atoms with E-state index >= 15 is 0 Å². The Balaban J connectivity index is 0. The van der Waals surface area contributed by atoms with Gasteiger partial charge in [0.25, 0.3) is 0 Å². The van der Waals surface area contributed by atoms with Crippen molar-refractivity contribution in [2.24, 2.45) is 0 Å². The van der Waals surface area contributed by atoms with Crippen molar-refractivity contribution in [1.82, 2.24) is 0 Å². The van der Waals surface area contributed by atoms with E-state index in [-0.39, 0.29) is 28.5 Å². The van der Waals surface area contributed by atoms with Crippen LogP contribution >= 0.6 is 0 Å². The quantitative estimate of drug-likeness (QED) is 0.572. The van der Waals surface area contributed by atoms with Crippen molar-refractivity contribution in [2.75, 3.05) is 0 Å². The first-order chi connectivity index (χ1) is 4.30. The molecule has 0 aliphatic heterocycles. The van der Waals surface area contributed by atoms with E-state index in [1.54, 1.807) is 30.3 Å². The van der Waals surface area contributed by atoms with Gasteiger partial charge in [0.15, 0.2) is 0 Å². The predicted octanol–water partition coefficient (Wildman–Crippen LogP) is 1.37. The minimum atomic E-state index is -2.08. The van der Waals surface area contributed by atoms with Crippen LogP contribution < -0.4 is 0 Å². The molecule has 0 amide bonds. The zero-order chi connectivity index (χ0) is 6.69. The molecule has 0 fully saturated rings. The van der Waals surface area contributed by atoms with E-state index in [0.29, 0.717) is 4.90 Å². The van der Waals surface area contributed by atoms with Crippen molar-refractivity contribution in [1.29, 1.82) is 0 Å². The minimum absolute atomic E-state index is 0. The summed E-state index contributed by atoms with van der Waals surface area (Å²) in [5.74, 6) is 0. The molecule has 0 saturated carbocycles. The summed E-state index contributed by atoms with van der Waals surface area (Å²) in [4.78, 5) is 0.331. The van der Waals surface area contributed by atoms with Crippen LogP contribution in [0.25, 0.3) is 0 Å². The molecule has 0 radical (unpaired) electrons. The molecule has 4 heteroatoms. The molecule has 11 heavy (non-hydrogen) atoms. The molecule has 0 saturated heterocycles. The van der Waals surface area contributed by atoms with Gasteiger partial charge in [-0.25, -0.2) is 0 Å². The number of benzene rings is 1. The van der Waals surface area contributed by atoms with Gasteiger partial charge < -0.3 is 12.0 Å². The molecule has 0 spiro atoms. The molecule has 0 aliphatic rings. The fraction of sp³-hybridized carbons (Fsp3) is 0. The van der Waals surface area contributed by atoms with Gasteiger partial charge in [-0.15, -0.1) is 0 Å². The maximum Gasteiger partial charge on any atom is 0.0248 e. The smallest absolute Gasteiger partial charge is 0.0248 e. The van der Waals surface area contributed by atoms with Crippen LogP contribution in [0.15, 0.2) is 35.2 Å². The van der Waals surface area contributed by atoms with Crippen LogP contribution in [0.4, 0.5) is 0 Å². The van der Waals surface area contributed by atoms with E-state index in [9.17, 15) is 8.76 Å². The second-order valence-electron chi connectivity index (χ2n) is 1.55. The Morgan fingerprint density at radius 2 is 1.64 bits per heavy atom. The Morgan fingerprint density at radius 1 is 1.18 bits per heavy atom. The van der Waals surface area contributed by atoms with E-state index in [4.69, 9.17) is 0 Å². The molecular weight excluding hydrogens is 332 g/mol. The maximum atomic E-state index is 10.2. The minimum Gasteiger partial charge on any atom is -0.768 e. The summed E-state index contributed by atoms with van der Waals surface area (Å²) >= 11 is -2.08. The second kappa shape index (κ2) is 6.71. The largest absolute Gasteiger partial charge is 0.768 e. The molecule has 0 bridgehead atoms. The average molecular weight is 340 g/mol. The van der Waals surface area contributed by atoms with Crippen LogP contribution in [-0.2, 0) is 32.1 Å². The van der Waals surface area contributed by atoms with Gasteiger partial charge in [0.2, 0.25) is 0 Å². The Morgan fingerprint density at radius 3 is 1.91 bits per heavy atom. The van der Waals surface area contributed by atoms with Gasteiger partial charge in [-0.1, -0.05) is 18.2 Å². The number of hydrogen-bond donors (Lipinski definition) is 0. The molecule has 2 nitrogen and oxygen atoms in total. The molecular formula is C7H8O2SW-2. The van der Waals surface area contributed by atoms with Crippen molar-refractivity contribution in [3.8, 4) is 0 Å².